The number of hydrogen-bond donors (Lipinski definition) is 1. The first kappa shape index (κ1) is 11.5. The lowest BCUT2D eigenvalue weighted by Crippen LogP contribution is -2.13. The molecule has 2 N–H and O–H groups in total. The summed E-state index contributed by atoms with van der Waals surface area (Å²) in [5.74, 6) is 0.589. The van der Waals surface area contributed by atoms with Crippen molar-refractivity contribution in [2.24, 2.45) is 0 Å². The van der Waals surface area contributed by atoms with E-state index in [9.17, 15) is 13.2 Å². The molecule has 0 amide bonds. The number of rotatable bonds is 3. The average molecular weight is 221 g/mol. The Labute approximate surface area is 84.3 Å². The van der Waals surface area contributed by atoms with Crippen molar-refractivity contribution < 1.29 is 17.9 Å². The van der Waals surface area contributed by atoms with E-state index < -0.39 is 19.2 Å². The Balaban J connectivity index is 2.51. The van der Waals surface area contributed by atoms with E-state index in [0.29, 0.717) is 5.82 Å². The van der Waals surface area contributed by atoms with Gasteiger partial charge < -0.3 is 10.5 Å². The zero-order chi connectivity index (χ0) is 11.5. The molecule has 0 fully saturated rings. The van der Waals surface area contributed by atoms with Gasteiger partial charge >= 0.3 is 6.18 Å². The standard InChI is InChI=1S/C8H10F3N3O/c1-5-13-6(12)4-7(14-5)15-3-2-8(9,10)11/h4H,2-3H2,1H3,(H2,12,13,14). The molecule has 1 rings (SSSR count). The van der Waals surface area contributed by atoms with Crippen LogP contribution in [0.15, 0.2) is 6.07 Å². The number of nitrogens with zero attached hydrogens (tertiary/aromatic N) is 2. The van der Waals surface area contributed by atoms with Crippen LogP contribution in [0.2, 0.25) is 0 Å². The maximum Gasteiger partial charge on any atom is 0.392 e. The number of aromatic nitrogens is 2. The molecule has 0 unspecified atom stereocenters. The van der Waals surface area contributed by atoms with Crippen molar-refractivity contribution in [3.63, 3.8) is 0 Å². The first-order chi connectivity index (χ1) is 6.87. The van der Waals surface area contributed by atoms with Gasteiger partial charge in [-0.3, -0.25) is 0 Å². The van der Waals surface area contributed by atoms with Crippen LogP contribution in [0.4, 0.5) is 19.0 Å². The van der Waals surface area contributed by atoms with Crippen LogP contribution in [-0.4, -0.2) is 22.8 Å². The molecule has 1 aromatic heterocycles. The summed E-state index contributed by atoms with van der Waals surface area (Å²) in [4.78, 5) is 7.53. The molecule has 0 aromatic carbocycles. The summed E-state index contributed by atoms with van der Waals surface area (Å²) in [7, 11) is 0. The molecule has 7 heteroatoms. The second-order valence-corrected chi connectivity index (χ2v) is 2.89. The third kappa shape index (κ3) is 4.48. The lowest BCUT2D eigenvalue weighted by Gasteiger charge is -2.08. The summed E-state index contributed by atoms with van der Waals surface area (Å²) in [6, 6.07) is 1.28. The third-order valence-electron chi connectivity index (χ3n) is 1.47. The number of ether oxygens (including phenoxy) is 1. The van der Waals surface area contributed by atoms with Crippen molar-refractivity contribution in [1.29, 1.82) is 0 Å². The molecule has 0 spiro atoms. The highest BCUT2D eigenvalue weighted by Gasteiger charge is 2.26. The molecule has 4 nitrogen and oxygen atoms in total. The van der Waals surface area contributed by atoms with Crippen LogP contribution in [0.1, 0.15) is 12.2 Å². The molecule has 1 heterocycles. The van der Waals surface area contributed by atoms with Gasteiger partial charge in [0.25, 0.3) is 0 Å². The molecule has 0 atom stereocenters. The van der Waals surface area contributed by atoms with Gasteiger partial charge in [0, 0.05) is 6.07 Å². The molecule has 0 saturated carbocycles. The van der Waals surface area contributed by atoms with E-state index in [4.69, 9.17) is 10.5 Å². The highest BCUT2D eigenvalue weighted by Crippen LogP contribution is 2.20. The predicted octanol–water partition coefficient (Wildman–Crippen LogP) is 1.70. The van der Waals surface area contributed by atoms with Gasteiger partial charge in [-0.1, -0.05) is 0 Å². The van der Waals surface area contributed by atoms with Crippen LogP contribution in [0.3, 0.4) is 0 Å². The van der Waals surface area contributed by atoms with Gasteiger partial charge in [0.1, 0.15) is 11.6 Å². The third-order valence-corrected chi connectivity index (χ3v) is 1.47. The Hall–Kier alpha value is -1.53. The van der Waals surface area contributed by atoms with E-state index in [2.05, 4.69) is 9.97 Å². The van der Waals surface area contributed by atoms with Crippen LogP contribution < -0.4 is 10.5 Å². The van der Waals surface area contributed by atoms with Crippen LogP contribution in [0.25, 0.3) is 0 Å². The number of hydrogen-bond acceptors (Lipinski definition) is 4. The van der Waals surface area contributed by atoms with Gasteiger partial charge in [0.15, 0.2) is 0 Å². The number of nitrogen functional groups attached to an aromatic ring is 1. The molecular formula is C8H10F3N3O. The molecule has 0 aliphatic heterocycles. The van der Waals surface area contributed by atoms with Crippen LogP contribution in [0.5, 0.6) is 5.88 Å². The fourth-order valence-electron chi connectivity index (χ4n) is 0.908. The van der Waals surface area contributed by atoms with Crippen molar-refractivity contribution in [3.8, 4) is 5.88 Å². The van der Waals surface area contributed by atoms with E-state index in [1.807, 2.05) is 0 Å². The minimum absolute atomic E-state index is 0.0595. The van der Waals surface area contributed by atoms with Crippen LogP contribution in [0, 0.1) is 6.92 Å². The summed E-state index contributed by atoms with van der Waals surface area (Å²) >= 11 is 0. The highest BCUT2D eigenvalue weighted by atomic mass is 19.4. The Kier molecular flexibility index (Phi) is 3.33. The lowest BCUT2D eigenvalue weighted by molar-refractivity contribution is -0.139. The number of alkyl halides is 3. The van der Waals surface area contributed by atoms with Crippen LogP contribution >= 0.6 is 0 Å². The smallest absolute Gasteiger partial charge is 0.392 e. The molecule has 1 aromatic rings. The summed E-state index contributed by atoms with van der Waals surface area (Å²) in [6.45, 7) is 1.10. The van der Waals surface area contributed by atoms with Gasteiger partial charge in [-0.05, 0) is 6.92 Å². The van der Waals surface area contributed by atoms with E-state index in [0.717, 1.165) is 0 Å². The van der Waals surface area contributed by atoms with Gasteiger partial charge in [-0.2, -0.15) is 18.2 Å². The zero-order valence-corrected chi connectivity index (χ0v) is 8.01. The predicted molar refractivity (Wildman–Crippen MR) is 47.3 cm³/mol. The number of anilines is 1. The lowest BCUT2D eigenvalue weighted by atomic mass is 10.4. The van der Waals surface area contributed by atoms with E-state index in [1.54, 1.807) is 6.92 Å². The molecule has 0 aliphatic rings. The van der Waals surface area contributed by atoms with Crippen LogP contribution in [-0.2, 0) is 0 Å². The Bertz CT molecular complexity index is 320. The Morgan fingerprint density at radius 2 is 2.07 bits per heavy atom. The van der Waals surface area contributed by atoms with Gasteiger partial charge in [-0.25, -0.2) is 4.98 Å². The van der Waals surface area contributed by atoms with E-state index in [-0.39, 0.29) is 11.7 Å². The molecule has 0 saturated heterocycles. The van der Waals surface area contributed by atoms with Gasteiger partial charge in [0.2, 0.25) is 5.88 Å². The van der Waals surface area contributed by atoms with Gasteiger partial charge in [0.05, 0.1) is 13.0 Å². The highest BCUT2D eigenvalue weighted by molar-refractivity contribution is 5.32. The number of halogens is 3. The maximum atomic E-state index is 11.8. The molecular weight excluding hydrogens is 211 g/mol. The summed E-state index contributed by atoms with van der Waals surface area (Å²) in [5.41, 5.74) is 5.36. The molecule has 84 valence electrons. The molecule has 15 heavy (non-hydrogen) atoms. The summed E-state index contributed by atoms with van der Waals surface area (Å²) in [6.07, 6.45) is -5.25. The quantitative estimate of drug-likeness (QED) is 0.843. The zero-order valence-electron chi connectivity index (χ0n) is 8.01. The topological polar surface area (TPSA) is 61.0 Å². The second kappa shape index (κ2) is 4.33. The minimum Gasteiger partial charge on any atom is -0.477 e. The normalized spacial score (nSPS) is 11.5. The summed E-state index contributed by atoms with van der Waals surface area (Å²) in [5, 5.41) is 0. The molecule has 0 aliphatic carbocycles. The van der Waals surface area contributed by atoms with Crippen molar-refractivity contribution in [1.82, 2.24) is 9.97 Å². The average Bonchev–Trinajstić information content (AvgIpc) is 1.99. The first-order valence-corrected chi connectivity index (χ1v) is 4.17. The summed E-state index contributed by atoms with van der Waals surface area (Å²) < 4.78 is 40.1. The Morgan fingerprint density at radius 1 is 1.40 bits per heavy atom. The van der Waals surface area contributed by atoms with Gasteiger partial charge in [-0.15, -0.1) is 0 Å². The molecule has 0 bridgehead atoms. The SMILES string of the molecule is Cc1nc(N)cc(OCCC(F)(F)F)n1. The maximum absolute atomic E-state index is 11.8. The monoisotopic (exact) mass is 221 g/mol. The second-order valence-electron chi connectivity index (χ2n) is 2.89. The van der Waals surface area contributed by atoms with Crippen molar-refractivity contribution >= 4 is 5.82 Å². The number of nitrogens with two attached hydrogens (primary N) is 1. The fraction of sp³-hybridized carbons (Fsp3) is 0.500. The van der Waals surface area contributed by atoms with Crippen molar-refractivity contribution in [2.75, 3.05) is 12.3 Å². The number of aryl methyl sites for hydroxylation is 1. The minimum atomic E-state index is -4.23. The Morgan fingerprint density at radius 3 is 2.60 bits per heavy atom. The van der Waals surface area contributed by atoms with Crippen molar-refractivity contribution in [2.45, 2.75) is 19.5 Å². The molecule has 0 radical (unpaired) electrons. The first-order valence-electron chi connectivity index (χ1n) is 4.17. The fourth-order valence-corrected chi connectivity index (χ4v) is 0.908. The van der Waals surface area contributed by atoms with Crippen molar-refractivity contribution in [3.05, 3.63) is 11.9 Å². The van der Waals surface area contributed by atoms with E-state index in [1.165, 1.54) is 6.07 Å². The largest absolute Gasteiger partial charge is 0.477 e. The van der Waals surface area contributed by atoms with E-state index >= 15 is 0 Å².